The van der Waals surface area contributed by atoms with Crippen LogP contribution in [0, 0.1) is 0 Å². The molecule has 1 heterocycles. The normalized spacial score (nSPS) is 13.3. The van der Waals surface area contributed by atoms with Crippen molar-refractivity contribution in [2.75, 3.05) is 5.73 Å². The number of nitrogens with two attached hydrogens (primary N) is 1. The maximum absolute atomic E-state index is 12.3. The van der Waals surface area contributed by atoms with Crippen LogP contribution in [0.5, 0.6) is 0 Å². The van der Waals surface area contributed by atoms with Crippen molar-refractivity contribution in [3.8, 4) is 0 Å². The predicted molar refractivity (Wildman–Crippen MR) is 83.9 cm³/mol. The van der Waals surface area contributed by atoms with Crippen LogP contribution in [0.1, 0.15) is 17.8 Å². The Hall–Kier alpha value is -0.790. The second-order valence-corrected chi connectivity index (χ2v) is 8.03. The smallest absolute Gasteiger partial charge is 0.243 e. The summed E-state index contributed by atoms with van der Waals surface area (Å²) in [5, 5.41) is 0.388. The van der Waals surface area contributed by atoms with Crippen molar-refractivity contribution in [1.29, 1.82) is 0 Å². The lowest BCUT2D eigenvalue weighted by atomic mass is 10.3. The lowest BCUT2D eigenvalue weighted by Gasteiger charge is -2.14. The summed E-state index contributed by atoms with van der Waals surface area (Å²) >= 11 is 12.9. The van der Waals surface area contributed by atoms with Gasteiger partial charge in [-0.3, -0.25) is 0 Å². The van der Waals surface area contributed by atoms with Crippen molar-refractivity contribution in [2.45, 2.75) is 17.9 Å². The van der Waals surface area contributed by atoms with E-state index in [4.69, 9.17) is 28.9 Å². The molecule has 0 aliphatic carbocycles. The van der Waals surface area contributed by atoms with Crippen molar-refractivity contribution >= 4 is 50.2 Å². The number of halogens is 2. The molecule has 8 heteroatoms. The number of nitrogens with one attached hydrogen (secondary N) is 1. The van der Waals surface area contributed by atoms with Gasteiger partial charge in [0.15, 0.2) is 0 Å². The molecule has 20 heavy (non-hydrogen) atoms. The van der Waals surface area contributed by atoms with E-state index in [1.807, 2.05) is 0 Å². The molecule has 0 saturated heterocycles. The fourth-order valence-electron chi connectivity index (χ4n) is 1.68. The van der Waals surface area contributed by atoms with Crippen molar-refractivity contribution in [3.63, 3.8) is 0 Å². The van der Waals surface area contributed by atoms with E-state index in [1.54, 1.807) is 19.1 Å². The lowest BCUT2D eigenvalue weighted by molar-refractivity contribution is 0.569. The molecular weight excluding hydrogens is 339 g/mol. The summed E-state index contributed by atoms with van der Waals surface area (Å²) in [5.41, 5.74) is 5.82. The Balaban J connectivity index is 2.27. The molecule has 0 saturated carbocycles. The van der Waals surface area contributed by atoms with Gasteiger partial charge in [0, 0.05) is 9.90 Å². The lowest BCUT2D eigenvalue weighted by Crippen LogP contribution is -2.27. The second kappa shape index (κ2) is 5.91. The minimum atomic E-state index is -3.72. The molecule has 2 aromatic rings. The zero-order chi connectivity index (χ0) is 14.9. The Morgan fingerprint density at radius 1 is 1.25 bits per heavy atom. The number of nitrogen functional groups attached to an aromatic ring is 1. The van der Waals surface area contributed by atoms with Crippen LogP contribution < -0.4 is 10.5 Å². The van der Waals surface area contributed by atoms with Crippen LogP contribution in [0.15, 0.2) is 35.2 Å². The van der Waals surface area contributed by atoms with Crippen LogP contribution in [0.4, 0.5) is 5.69 Å². The minimum absolute atomic E-state index is 0.0106. The van der Waals surface area contributed by atoms with Crippen molar-refractivity contribution in [1.82, 2.24) is 4.72 Å². The van der Waals surface area contributed by atoms with E-state index in [0.717, 1.165) is 4.88 Å². The maximum atomic E-state index is 12.3. The fraction of sp³-hybridized carbons (Fsp3) is 0.167. The van der Waals surface area contributed by atoms with Gasteiger partial charge in [0.05, 0.1) is 16.1 Å². The van der Waals surface area contributed by atoms with E-state index in [1.165, 1.54) is 29.5 Å². The number of rotatable bonds is 4. The Morgan fingerprint density at radius 3 is 2.50 bits per heavy atom. The van der Waals surface area contributed by atoms with Crippen LogP contribution >= 0.6 is 34.5 Å². The third-order valence-electron chi connectivity index (χ3n) is 2.61. The molecule has 1 aromatic carbocycles. The molecular formula is C12H12Cl2N2O2S2. The highest BCUT2D eigenvalue weighted by Crippen LogP contribution is 2.29. The van der Waals surface area contributed by atoms with Crippen molar-refractivity contribution in [3.05, 3.63) is 44.6 Å². The van der Waals surface area contributed by atoms with Gasteiger partial charge in [-0.05, 0) is 37.3 Å². The van der Waals surface area contributed by atoms with Crippen LogP contribution in [0.25, 0.3) is 0 Å². The molecule has 1 unspecified atom stereocenters. The number of benzene rings is 1. The summed E-state index contributed by atoms with van der Waals surface area (Å²) in [5.74, 6) is 0. The van der Waals surface area contributed by atoms with Gasteiger partial charge >= 0.3 is 0 Å². The van der Waals surface area contributed by atoms with Gasteiger partial charge in [-0.2, -0.15) is 0 Å². The van der Waals surface area contributed by atoms with Crippen LogP contribution in [0.3, 0.4) is 0 Å². The number of sulfonamides is 1. The molecule has 0 aliphatic rings. The summed E-state index contributed by atoms with van der Waals surface area (Å²) < 4.78 is 27.8. The molecule has 0 aliphatic heterocycles. The highest BCUT2D eigenvalue weighted by Gasteiger charge is 2.21. The molecule has 0 amide bonds. The predicted octanol–water partition coefficient (Wildman–Crippen LogP) is 3.68. The molecule has 0 radical (unpaired) electrons. The van der Waals surface area contributed by atoms with Crippen LogP contribution in [0.2, 0.25) is 9.36 Å². The summed E-state index contributed by atoms with van der Waals surface area (Å²) in [6.07, 6.45) is 0. The average Bonchev–Trinajstić information content (AvgIpc) is 2.74. The minimum Gasteiger partial charge on any atom is -0.398 e. The first-order valence-corrected chi connectivity index (χ1v) is 8.68. The van der Waals surface area contributed by atoms with E-state index < -0.39 is 16.1 Å². The molecule has 1 atom stereocenters. The third kappa shape index (κ3) is 3.45. The van der Waals surface area contributed by atoms with Crippen LogP contribution in [-0.2, 0) is 10.0 Å². The van der Waals surface area contributed by atoms with Gasteiger partial charge in [-0.1, -0.05) is 23.2 Å². The number of thiophene rings is 1. The second-order valence-electron chi connectivity index (χ2n) is 4.17. The molecule has 4 nitrogen and oxygen atoms in total. The first-order chi connectivity index (χ1) is 9.29. The Labute approximate surface area is 131 Å². The number of anilines is 1. The van der Waals surface area contributed by atoms with Crippen LogP contribution in [-0.4, -0.2) is 8.42 Å². The Kier molecular flexibility index (Phi) is 4.61. The SMILES string of the molecule is CC(NS(=O)(=O)c1ccc(Cl)cc1N)c1ccc(Cl)s1. The molecule has 0 fully saturated rings. The molecule has 0 spiro atoms. The van der Waals surface area contributed by atoms with Gasteiger partial charge in [0.1, 0.15) is 4.90 Å². The molecule has 2 rings (SSSR count). The zero-order valence-corrected chi connectivity index (χ0v) is 13.6. The maximum Gasteiger partial charge on any atom is 0.243 e. The largest absolute Gasteiger partial charge is 0.398 e. The van der Waals surface area contributed by atoms with Gasteiger partial charge < -0.3 is 5.73 Å². The summed E-state index contributed by atoms with van der Waals surface area (Å²) in [6, 6.07) is 7.39. The van der Waals surface area contributed by atoms with E-state index in [9.17, 15) is 8.42 Å². The summed E-state index contributed by atoms with van der Waals surface area (Å²) in [7, 11) is -3.72. The molecule has 108 valence electrons. The van der Waals surface area contributed by atoms with Crippen molar-refractivity contribution < 1.29 is 8.42 Å². The first kappa shape index (κ1) is 15.6. The Morgan fingerprint density at radius 2 is 1.95 bits per heavy atom. The Bertz CT molecular complexity index is 729. The quantitative estimate of drug-likeness (QED) is 0.826. The van der Waals surface area contributed by atoms with Gasteiger partial charge in [-0.15, -0.1) is 11.3 Å². The van der Waals surface area contributed by atoms with E-state index in [0.29, 0.717) is 9.36 Å². The van der Waals surface area contributed by atoms with Gasteiger partial charge in [0.2, 0.25) is 10.0 Å². The van der Waals surface area contributed by atoms with E-state index >= 15 is 0 Å². The van der Waals surface area contributed by atoms with E-state index in [2.05, 4.69) is 4.72 Å². The van der Waals surface area contributed by atoms with Crippen molar-refractivity contribution in [2.24, 2.45) is 0 Å². The van der Waals surface area contributed by atoms with Gasteiger partial charge in [-0.25, -0.2) is 13.1 Å². The molecule has 3 N–H and O–H groups in total. The standard InChI is InChI=1S/C12H12Cl2N2O2S2/c1-7(10-3-5-12(14)19-10)16-20(17,18)11-4-2-8(13)6-9(11)15/h2-7,16H,15H2,1H3. The average molecular weight is 351 g/mol. The highest BCUT2D eigenvalue weighted by atomic mass is 35.5. The third-order valence-corrected chi connectivity index (χ3v) is 5.88. The first-order valence-electron chi connectivity index (χ1n) is 5.62. The topological polar surface area (TPSA) is 72.2 Å². The number of hydrogen-bond acceptors (Lipinski definition) is 4. The summed E-state index contributed by atoms with van der Waals surface area (Å²) in [6.45, 7) is 1.74. The molecule has 1 aromatic heterocycles. The monoisotopic (exact) mass is 350 g/mol. The van der Waals surface area contributed by atoms with Gasteiger partial charge in [0.25, 0.3) is 0 Å². The molecule has 0 bridgehead atoms. The summed E-state index contributed by atoms with van der Waals surface area (Å²) in [4.78, 5) is 0.836. The fourth-order valence-corrected chi connectivity index (χ4v) is 4.33. The highest BCUT2D eigenvalue weighted by molar-refractivity contribution is 7.89. The van der Waals surface area contributed by atoms with E-state index in [-0.39, 0.29) is 10.6 Å². The number of hydrogen-bond donors (Lipinski definition) is 2. The zero-order valence-electron chi connectivity index (χ0n) is 10.4.